The SMILES string of the molecule is CNc1cc(F)c(F)c2c1[nH]c1ncc(-c3cnc(OC)nc3)c(N3CCOC(CN)C3)c12. The quantitative estimate of drug-likeness (QED) is 0.421. The van der Waals surface area contributed by atoms with Gasteiger partial charge in [0.2, 0.25) is 0 Å². The third kappa shape index (κ3) is 3.49. The van der Waals surface area contributed by atoms with Gasteiger partial charge in [-0.2, -0.15) is 0 Å². The number of H-pyrrole nitrogens is 1. The summed E-state index contributed by atoms with van der Waals surface area (Å²) in [5.74, 6) is -1.89. The zero-order valence-electron chi connectivity index (χ0n) is 18.2. The van der Waals surface area contributed by atoms with Crippen molar-refractivity contribution in [3.05, 3.63) is 36.3 Å². The molecule has 0 saturated carbocycles. The van der Waals surface area contributed by atoms with Crippen LogP contribution in [0.25, 0.3) is 33.1 Å². The van der Waals surface area contributed by atoms with Crippen LogP contribution < -0.4 is 20.7 Å². The molecular formula is C22H23F2N7O2. The lowest BCUT2D eigenvalue weighted by molar-refractivity contribution is 0.0467. The van der Waals surface area contributed by atoms with Crippen LogP contribution in [-0.4, -0.2) is 66.4 Å². The number of fused-ring (bicyclic) bond motifs is 3. The molecule has 1 aliphatic rings. The summed E-state index contributed by atoms with van der Waals surface area (Å²) < 4.78 is 40.6. The molecular weight excluding hydrogens is 432 g/mol. The lowest BCUT2D eigenvalue weighted by atomic mass is 10.0. The van der Waals surface area contributed by atoms with Crippen molar-refractivity contribution in [3.63, 3.8) is 0 Å². The van der Waals surface area contributed by atoms with Gasteiger partial charge >= 0.3 is 6.01 Å². The first-order chi connectivity index (χ1) is 16.0. The van der Waals surface area contributed by atoms with Gasteiger partial charge in [0, 0.05) is 62.5 Å². The molecule has 0 spiro atoms. The summed E-state index contributed by atoms with van der Waals surface area (Å²) in [6, 6.07) is 1.35. The molecule has 1 fully saturated rings. The Bertz CT molecular complexity index is 1330. The number of anilines is 2. The minimum Gasteiger partial charge on any atom is -0.467 e. The van der Waals surface area contributed by atoms with Crippen LogP contribution in [0.1, 0.15) is 0 Å². The first-order valence-corrected chi connectivity index (χ1v) is 10.5. The number of hydrogen-bond donors (Lipinski definition) is 3. The van der Waals surface area contributed by atoms with E-state index in [1.165, 1.54) is 7.11 Å². The molecule has 5 rings (SSSR count). The molecule has 0 bridgehead atoms. The van der Waals surface area contributed by atoms with E-state index in [1.807, 2.05) is 0 Å². The van der Waals surface area contributed by atoms with Crippen LogP contribution in [0.5, 0.6) is 6.01 Å². The van der Waals surface area contributed by atoms with Crippen molar-refractivity contribution in [2.45, 2.75) is 6.10 Å². The molecule has 1 atom stereocenters. The molecule has 4 heterocycles. The van der Waals surface area contributed by atoms with Gasteiger partial charge in [0.25, 0.3) is 0 Å². The summed E-state index contributed by atoms with van der Waals surface area (Å²) in [4.78, 5) is 18.2. The van der Waals surface area contributed by atoms with Crippen molar-refractivity contribution in [3.8, 4) is 17.1 Å². The van der Waals surface area contributed by atoms with Gasteiger partial charge < -0.3 is 30.4 Å². The van der Waals surface area contributed by atoms with E-state index >= 15 is 4.39 Å². The summed E-state index contributed by atoms with van der Waals surface area (Å²) in [6.45, 7) is 1.82. The molecule has 1 aromatic carbocycles. The Morgan fingerprint density at radius 3 is 2.73 bits per heavy atom. The van der Waals surface area contributed by atoms with Gasteiger partial charge in [0.15, 0.2) is 11.6 Å². The largest absolute Gasteiger partial charge is 0.467 e. The summed E-state index contributed by atoms with van der Waals surface area (Å²) in [5, 5.41) is 3.53. The monoisotopic (exact) mass is 455 g/mol. The molecule has 0 aliphatic carbocycles. The fourth-order valence-electron chi connectivity index (χ4n) is 4.30. The van der Waals surface area contributed by atoms with Crippen LogP contribution in [0.15, 0.2) is 24.7 Å². The van der Waals surface area contributed by atoms with Crippen LogP contribution in [0.4, 0.5) is 20.2 Å². The van der Waals surface area contributed by atoms with E-state index in [9.17, 15) is 4.39 Å². The second-order valence-electron chi connectivity index (χ2n) is 7.72. The zero-order valence-corrected chi connectivity index (χ0v) is 18.2. The van der Waals surface area contributed by atoms with Gasteiger partial charge in [-0.05, 0) is 0 Å². The van der Waals surface area contributed by atoms with Crippen molar-refractivity contribution >= 4 is 33.3 Å². The van der Waals surface area contributed by atoms with Gasteiger partial charge in [-0.1, -0.05) is 0 Å². The van der Waals surface area contributed by atoms with Gasteiger partial charge in [0.05, 0.1) is 47.5 Å². The number of hydrogen-bond acceptors (Lipinski definition) is 8. The number of aromatic nitrogens is 4. The number of morpholine rings is 1. The van der Waals surface area contributed by atoms with Crippen LogP contribution in [0, 0.1) is 11.6 Å². The zero-order chi connectivity index (χ0) is 23.1. The molecule has 4 N–H and O–H groups in total. The fraction of sp³-hybridized carbons (Fsp3) is 0.318. The first kappa shape index (κ1) is 21.3. The highest BCUT2D eigenvalue weighted by atomic mass is 19.2. The van der Waals surface area contributed by atoms with E-state index in [0.717, 1.165) is 6.07 Å². The van der Waals surface area contributed by atoms with E-state index in [4.69, 9.17) is 15.2 Å². The van der Waals surface area contributed by atoms with E-state index in [2.05, 4.69) is 30.2 Å². The Labute approximate surface area is 187 Å². The molecule has 3 aromatic heterocycles. The van der Waals surface area contributed by atoms with Crippen molar-refractivity contribution in [2.75, 3.05) is 50.6 Å². The predicted octanol–water partition coefficient (Wildman–Crippen LogP) is 2.67. The van der Waals surface area contributed by atoms with E-state index in [1.54, 1.807) is 25.6 Å². The van der Waals surface area contributed by atoms with Crippen LogP contribution in [0.3, 0.4) is 0 Å². The number of nitrogens with two attached hydrogens (primary N) is 1. The normalized spacial score (nSPS) is 16.5. The van der Waals surface area contributed by atoms with E-state index in [-0.39, 0.29) is 17.5 Å². The van der Waals surface area contributed by atoms with Gasteiger partial charge in [-0.25, -0.2) is 23.7 Å². The van der Waals surface area contributed by atoms with E-state index < -0.39 is 11.6 Å². The Morgan fingerprint density at radius 2 is 2.03 bits per heavy atom. The average molecular weight is 455 g/mol. The van der Waals surface area contributed by atoms with Gasteiger partial charge in [-0.3, -0.25) is 0 Å². The summed E-state index contributed by atoms with van der Waals surface area (Å²) >= 11 is 0. The topological polar surface area (TPSA) is 114 Å². The summed E-state index contributed by atoms with van der Waals surface area (Å²) in [7, 11) is 3.14. The summed E-state index contributed by atoms with van der Waals surface area (Å²) in [6.07, 6.45) is 4.72. The Morgan fingerprint density at radius 1 is 1.24 bits per heavy atom. The van der Waals surface area contributed by atoms with Crippen molar-refractivity contribution in [1.82, 2.24) is 19.9 Å². The number of rotatable bonds is 5. The minimum absolute atomic E-state index is 0.129. The molecule has 0 radical (unpaired) electrons. The number of aromatic amines is 1. The third-order valence-corrected chi connectivity index (χ3v) is 5.87. The van der Waals surface area contributed by atoms with Gasteiger partial charge in [0.1, 0.15) is 5.65 Å². The maximum Gasteiger partial charge on any atom is 0.316 e. The maximum atomic E-state index is 15.2. The van der Waals surface area contributed by atoms with Crippen LogP contribution >= 0.6 is 0 Å². The van der Waals surface area contributed by atoms with Crippen LogP contribution in [0.2, 0.25) is 0 Å². The third-order valence-electron chi connectivity index (χ3n) is 5.87. The minimum atomic E-state index is -0.946. The first-order valence-electron chi connectivity index (χ1n) is 10.5. The number of methoxy groups -OCH3 is 1. The van der Waals surface area contributed by atoms with Gasteiger partial charge in [-0.15, -0.1) is 0 Å². The predicted molar refractivity (Wildman–Crippen MR) is 122 cm³/mol. The molecule has 33 heavy (non-hydrogen) atoms. The standard InChI is InChI=1S/C22H23F2N7O2/c1-26-15-5-14(23)18(24)16-17-20(31-3-4-33-12(6-25)10-31)13(9-27-21(17)30-19(15)16)11-7-28-22(32-2)29-8-11/h5,7-9,12,26H,3-4,6,10,25H2,1-2H3,(H,27,30). The number of nitrogens with one attached hydrogen (secondary N) is 2. The maximum absolute atomic E-state index is 15.2. The number of pyridine rings is 1. The van der Waals surface area contributed by atoms with Crippen LogP contribution in [-0.2, 0) is 4.74 Å². The van der Waals surface area contributed by atoms with Crippen molar-refractivity contribution in [2.24, 2.45) is 5.73 Å². The van der Waals surface area contributed by atoms with Crippen molar-refractivity contribution in [1.29, 1.82) is 0 Å². The number of ether oxygens (including phenoxy) is 2. The Kier molecular flexibility index (Phi) is 5.43. The number of benzene rings is 1. The number of halogens is 2. The highest BCUT2D eigenvalue weighted by molar-refractivity contribution is 6.18. The molecule has 1 aliphatic heterocycles. The molecule has 1 unspecified atom stereocenters. The molecule has 9 nitrogen and oxygen atoms in total. The lowest BCUT2D eigenvalue weighted by Crippen LogP contribution is -2.46. The molecule has 0 amide bonds. The second-order valence-corrected chi connectivity index (χ2v) is 7.72. The molecule has 11 heteroatoms. The lowest BCUT2D eigenvalue weighted by Gasteiger charge is -2.35. The highest BCUT2D eigenvalue weighted by Crippen LogP contribution is 2.43. The van der Waals surface area contributed by atoms with Crippen molar-refractivity contribution < 1.29 is 18.3 Å². The number of nitrogens with zero attached hydrogens (tertiary/aromatic N) is 4. The average Bonchev–Trinajstić information content (AvgIpc) is 3.25. The highest BCUT2D eigenvalue weighted by Gasteiger charge is 2.28. The molecule has 1 saturated heterocycles. The molecule has 172 valence electrons. The van der Waals surface area contributed by atoms with E-state index in [0.29, 0.717) is 65.3 Å². The summed E-state index contributed by atoms with van der Waals surface area (Å²) in [5.41, 5.74) is 9.21. The Hall–Kier alpha value is -3.57. The second kappa shape index (κ2) is 8.41. The molecule has 4 aromatic rings. The smallest absolute Gasteiger partial charge is 0.316 e. The fourth-order valence-corrected chi connectivity index (χ4v) is 4.30. The Balaban J connectivity index is 1.84.